The molecule has 0 aliphatic carbocycles. The highest BCUT2D eigenvalue weighted by atomic mass is 15.1. The van der Waals surface area contributed by atoms with Crippen molar-refractivity contribution in [3.8, 4) is 0 Å². The van der Waals surface area contributed by atoms with Crippen LogP contribution in [0, 0.1) is 0 Å². The van der Waals surface area contributed by atoms with E-state index in [4.69, 9.17) is 0 Å². The maximum Gasteiger partial charge on any atom is 0.0637 e. The van der Waals surface area contributed by atoms with E-state index < -0.39 is 0 Å². The summed E-state index contributed by atoms with van der Waals surface area (Å²) in [6, 6.07) is 0. The third kappa shape index (κ3) is 1.69. The molecular formula is C6H8N2. The van der Waals surface area contributed by atoms with Crippen molar-refractivity contribution in [1.82, 2.24) is 0 Å². The third-order valence-electron chi connectivity index (χ3n) is 0.877. The van der Waals surface area contributed by atoms with Crippen LogP contribution >= 0.6 is 0 Å². The number of rotatable bonds is 0. The summed E-state index contributed by atoms with van der Waals surface area (Å²) in [5.74, 6) is 0. The minimum atomic E-state index is 0.820. The Bertz CT molecular complexity index is 117. The molecule has 0 atom stereocenters. The predicted molar refractivity (Wildman–Crippen MR) is 32.6 cm³/mol. The largest absolute Gasteiger partial charge is 0.189 e. The maximum absolute atomic E-state index is 3.82. The lowest BCUT2D eigenvalue weighted by Crippen LogP contribution is -1.74. The van der Waals surface area contributed by atoms with Crippen molar-refractivity contribution in [2.75, 3.05) is 6.54 Å². The lowest BCUT2D eigenvalue weighted by atomic mass is 10.4. The van der Waals surface area contributed by atoms with Crippen molar-refractivity contribution >= 4 is 0 Å². The van der Waals surface area contributed by atoms with E-state index in [1.54, 1.807) is 6.20 Å². The van der Waals surface area contributed by atoms with Gasteiger partial charge in [0.1, 0.15) is 0 Å². The Labute approximate surface area is 48.6 Å². The van der Waals surface area contributed by atoms with Gasteiger partial charge in [-0.05, 0) is 12.5 Å². The van der Waals surface area contributed by atoms with Crippen molar-refractivity contribution in [3.63, 3.8) is 0 Å². The van der Waals surface area contributed by atoms with E-state index in [9.17, 15) is 0 Å². The minimum Gasteiger partial charge on any atom is -0.189 e. The summed E-state index contributed by atoms with van der Waals surface area (Å²) >= 11 is 0. The van der Waals surface area contributed by atoms with Crippen LogP contribution in [-0.2, 0) is 0 Å². The van der Waals surface area contributed by atoms with Gasteiger partial charge in [0, 0.05) is 6.20 Å². The molecule has 0 spiro atoms. The minimum absolute atomic E-state index is 0.820. The zero-order chi connectivity index (χ0) is 5.66. The summed E-state index contributed by atoms with van der Waals surface area (Å²) in [7, 11) is 0. The van der Waals surface area contributed by atoms with Gasteiger partial charge < -0.3 is 0 Å². The van der Waals surface area contributed by atoms with Crippen LogP contribution in [0.15, 0.2) is 34.7 Å². The van der Waals surface area contributed by atoms with E-state index >= 15 is 0 Å². The predicted octanol–water partition coefficient (Wildman–Crippen LogP) is 1.91. The van der Waals surface area contributed by atoms with E-state index in [0.29, 0.717) is 0 Å². The number of nitrogens with zero attached hydrogens (tertiary/aromatic N) is 2. The van der Waals surface area contributed by atoms with Crippen molar-refractivity contribution in [3.05, 3.63) is 24.4 Å². The van der Waals surface area contributed by atoms with Crippen LogP contribution in [0.5, 0.6) is 0 Å². The molecule has 0 N–H and O–H groups in total. The first-order chi connectivity index (χ1) is 4.00. The summed E-state index contributed by atoms with van der Waals surface area (Å²) in [6.45, 7) is 0.820. The number of hydrogen-bond acceptors (Lipinski definition) is 2. The molecule has 0 amide bonds. The molecule has 2 nitrogen and oxygen atoms in total. The molecule has 0 aromatic heterocycles. The maximum atomic E-state index is 3.82. The molecule has 1 aliphatic rings. The molecule has 1 rings (SSSR count). The number of azo groups is 1. The molecule has 0 radical (unpaired) electrons. The van der Waals surface area contributed by atoms with Crippen LogP contribution in [0.25, 0.3) is 0 Å². The first-order valence-electron chi connectivity index (χ1n) is 2.68. The average molecular weight is 108 g/mol. The molecule has 0 saturated heterocycles. The Morgan fingerprint density at radius 3 is 3.25 bits per heavy atom. The SMILES string of the molecule is C1=C\CCN=N\C=C/1. The zero-order valence-corrected chi connectivity index (χ0v) is 4.62. The summed E-state index contributed by atoms with van der Waals surface area (Å²) in [4.78, 5) is 0. The molecule has 42 valence electrons. The molecule has 0 aromatic carbocycles. The molecule has 2 heteroatoms. The van der Waals surface area contributed by atoms with E-state index in [1.807, 2.05) is 12.2 Å². The van der Waals surface area contributed by atoms with Gasteiger partial charge in [-0.15, -0.1) is 0 Å². The smallest absolute Gasteiger partial charge is 0.0637 e. The highest BCUT2D eigenvalue weighted by Gasteiger charge is 1.77. The highest BCUT2D eigenvalue weighted by molar-refractivity contribution is 5.02. The normalized spacial score (nSPS) is 26.0. The van der Waals surface area contributed by atoms with Gasteiger partial charge >= 0.3 is 0 Å². The van der Waals surface area contributed by atoms with Gasteiger partial charge in [-0.1, -0.05) is 12.2 Å². The van der Waals surface area contributed by atoms with E-state index in [2.05, 4.69) is 16.3 Å². The molecule has 0 bridgehead atoms. The standard InChI is InChI=1S/C6H8N2/c1-2-4-6-8-7-5-3-1/h1-3,5H,4,6H2/b2-1-,5-3-,8-7?. The second kappa shape index (κ2) is 3.13. The zero-order valence-electron chi connectivity index (χ0n) is 4.62. The van der Waals surface area contributed by atoms with Gasteiger partial charge in [0.25, 0.3) is 0 Å². The van der Waals surface area contributed by atoms with Crippen LogP contribution in [0.4, 0.5) is 0 Å². The number of hydrogen-bond donors (Lipinski definition) is 0. The Morgan fingerprint density at radius 1 is 1.25 bits per heavy atom. The highest BCUT2D eigenvalue weighted by Crippen LogP contribution is 1.91. The number of allylic oxidation sites excluding steroid dienone is 2. The second-order valence-corrected chi connectivity index (χ2v) is 1.54. The Balaban J connectivity index is 2.51. The quantitative estimate of drug-likeness (QED) is 0.453. The van der Waals surface area contributed by atoms with Crippen molar-refractivity contribution < 1.29 is 0 Å². The molecule has 0 saturated carbocycles. The average Bonchev–Trinajstić information content (AvgIpc) is 1.62. The van der Waals surface area contributed by atoms with Gasteiger partial charge in [0.2, 0.25) is 0 Å². The van der Waals surface area contributed by atoms with Gasteiger partial charge in [-0.2, -0.15) is 10.2 Å². The van der Waals surface area contributed by atoms with Crippen LogP contribution < -0.4 is 0 Å². The Morgan fingerprint density at radius 2 is 2.25 bits per heavy atom. The fourth-order valence-electron chi connectivity index (χ4n) is 0.500. The Hall–Kier alpha value is -0.920. The fourth-order valence-corrected chi connectivity index (χ4v) is 0.500. The topological polar surface area (TPSA) is 24.7 Å². The van der Waals surface area contributed by atoms with Crippen molar-refractivity contribution in [2.45, 2.75) is 6.42 Å². The molecule has 1 aliphatic heterocycles. The summed E-state index contributed by atoms with van der Waals surface area (Å²) < 4.78 is 0. The van der Waals surface area contributed by atoms with Gasteiger partial charge in [0.15, 0.2) is 0 Å². The fraction of sp³-hybridized carbons (Fsp3) is 0.333. The molecular weight excluding hydrogens is 100 g/mol. The van der Waals surface area contributed by atoms with Gasteiger partial charge in [-0.3, -0.25) is 0 Å². The van der Waals surface area contributed by atoms with Crippen LogP contribution in [0.2, 0.25) is 0 Å². The summed E-state index contributed by atoms with van der Waals surface area (Å²) in [5.41, 5.74) is 0. The summed E-state index contributed by atoms with van der Waals surface area (Å²) in [6.07, 6.45) is 8.64. The Kier molecular flexibility index (Phi) is 2.04. The first kappa shape index (κ1) is 5.22. The van der Waals surface area contributed by atoms with Gasteiger partial charge in [-0.25, -0.2) is 0 Å². The van der Waals surface area contributed by atoms with Gasteiger partial charge in [0.05, 0.1) is 6.54 Å². The first-order valence-corrected chi connectivity index (χ1v) is 2.68. The van der Waals surface area contributed by atoms with Crippen LogP contribution in [-0.4, -0.2) is 6.54 Å². The van der Waals surface area contributed by atoms with E-state index in [0.717, 1.165) is 13.0 Å². The van der Waals surface area contributed by atoms with Crippen LogP contribution in [0.1, 0.15) is 6.42 Å². The van der Waals surface area contributed by atoms with E-state index in [1.165, 1.54) is 0 Å². The molecule has 1 heterocycles. The lowest BCUT2D eigenvalue weighted by molar-refractivity contribution is 0.920. The monoisotopic (exact) mass is 108 g/mol. The third-order valence-corrected chi connectivity index (χ3v) is 0.877. The molecule has 0 aromatic rings. The molecule has 8 heavy (non-hydrogen) atoms. The van der Waals surface area contributed by atoms with Crippen molar-refractivity contribution in [1.29, 1.82) is 0 Å². The second-order valence-electron chi connectivity index (χ2n) is 1.54. The molecule has 0 unspecified atom stereocenters. The molecule has 0 fully saturated rings. The summed E-state index contributed by atoms with van der Waals surface area (Å²) in [5, 5.41) is 7.54. The van der Waals surface area contributed by atoms with Crippen LogP contribution in [0.3, 0.4) is 0 Å². The lowest BCUT2D eigenvalue weighted by Gasteiger charge is -1.85. The van der Waals surface area contributed by atoms with E-state index in [-0.39, 0.29) is 0 Å². The van der Waals surface area contributed by atoms with Crippen molar-refractivity contribution in [2.24, 2.45) is 10.2 Å².